The van der Waals surface area contributed by atoms with E-state index in [1.54, 1.807) is 17.0 Å². The summed E-state index contributed by atoms with van der Waals surface area (Å²) in [5.74, 6) is -0.203. The summed E-state index contributed by atoms with van der Waals surface area (Å²) >= 11 is 12.3. The lowest BCUT2D eigenvalue weighted by atomic mass is 9.68. The highest BCUT2D eigenvalue weighted by Crippen LogP contribution is 2.56. The van der Waals surface area contributed by atoms with E-state index in [1.807, 2.05) is 37.3 Å². The molecule has 5 rings (SSSR count). The van der Waals surface area contributed by atoms with Crippen molar-refractivity contribution in [2.45, 2.75) is 31.7 Å². The van der Waals surface area contributed by atoms with Crippen LogP contribution in [0.5, 0.6) is 5.88 Å². The fourth-order valence-electron chi connectivity index (χ4n) is 4.77. The first-order chi connectivity index (χ1) is 15.9. The molecule has 3 aromatic rings. The molecule has 3 heterocycles. The van der Waals surface area contributed by atoms with Gasteiger partial charge in [0.25, 0.3) is 0 Å². The average Bonchev–Trinajstić information content (AvgIpc) is 3.30. The number of hydrogen-bond acceptors (Lipinski definition) is 5. The zero-order valence-electron chi connectivity index (χ0n) is 17.7. The smallest absolute Gasteiger partial charge is 0.248 e. The second-order valence-corrected chi connectivity index (χ2v) is 8.81. The normalized spacial score (nSPS) is 18.8. The summed E-state index contributed by atoms with van der Waals surface area (Å²) < 4.78 is 5.68. The Labute approximate surface area is 200 Å². The SMILES string of the molecule is CCCc1[nH]nc2c1[C@@]1(C(=O)N(Cc3ccc(Cl)c(Cl)c3)c3ccccc31)C(C#N)=C(N)O2. The number of amides is 1. The molecule has 1 spiro atoms. The maximum atomic E-state index is 14.4. The van der Waals surface area contributed by atoms with E-state index < -0.39 is 5.41 Å². The van der Waals surface area contributed by atoms with E-state index in [0.29, 0.717) is 33.3 Å². The number of aromatic amines is 1. The summed E-state index contributed by atoms with van der Waals surface area (Å²) in [6, 6.07) is 14.8. The van der Waals surface area contributed by atoms with Crippen molar-refractivity contribution in [2.75, 3.05) is 4.90 Å². The maximum absolute atomic E-state index is 14.4. The lowest BCUT2D eigenvalue weighted by Gasteiger charge is -2.33. The van der Waals surface area contributed by atoms with Crippen LogP contribution in [0.4, 0.5) is 5.69 Å². The molecule has 0 saturated carbocycles. The van der Waals surface area contributed by atoms with E-state index in [-0.39, 0.29) is 29.8 Å². The molecule has 0 saturated heterocycles. The molecule has 0 bridgehead atoms. The second kappa shape index (κ2) is 7.84. The maximum Gasteiger partial charge on any atom is 0.248 e. The number of nitrogens with two attached hydrogens (primary N) is 1. The number of carbonyl (C=O) groups is 1. The number of benzene rings is 2. The summed E-state index contributed by atoms with van der Waals surface area (Å²) in [4.78, 5) is 16.0. The minimum Gasteiger partial charge on any atom is -0.420 e. The van der Waals surface area contributed by atoms with Gasteiger partial charge in [0, 0.05) is 16.9 Å². The highest BCUT2D eigenvalue weighted by Gasteiger charge is 2.60. The van der Waals surface area contributed by atoms with Gasteiger partial charge in [0.2, 0.25) is 17.7 Å². The van der Waals surface area contributed by atoms with E-state index in [2.05, 4.69) is 16.3 Å². The van der Waals surface area contributed by atoms with Gasteiger partial charge in [-0.15, -0.1) is 5.10 Å². The van der Waals surface area contributed by atoms with Crippen molar-refractivity contribution in [1.29, 1.82) is 5.26 Å². The predicted octanol–water partition coefficient (Wildman–Crippen LogP) is 4.59. The van der Waals surface area contributed by atoms with Crippen molar-refractivity contribution in [1.82, 2.24) is 10.2 Å². The van der Waals surface area contributed by atoms with Gasteiger partial charge in [-0.2, -0.15) is 5.26 Å². The zero-order chi connectivity index (χ0) is 23.3. The van der Waals surface area contributed by atoms with Crippen molar-refractivity contribution in [3.63, 3.8) is 0 Å². The molecule has 2 aliphatic rings. The number of nitrogens with zero attached hydrogens (tertiary/aromatic N) is 3. The van der Waals surface area contributed by atoms with Crippen LogP contribution < -0.4 is 15.4 Å². The van der Waals surface area contributed by atoms with E-state index in [1.165, 1.54) is 0 Å². The highest BCUT2D eigenvalue weighted by atomic mass is 35.5. The summed E-state index contributed by atoms with van der Waals surface area (Å²) in [5, 5.41) is 18.3. The third-order valence-corrected chi connectivity index (χ3v) is 6.85. The Morgan fingerprint density at radius 3 is 2.76 bits per heavy atom. The van der Waals surface area contributed by atoms with Gasteiger partial charge in [-0.3, -0.25) is 9.89 Å². The molecule has 1 amide bonds. The van der Waals surface area contributed by atoms with Gasteiger partial charge in [0.05, 0.1) is 22.2 Å². The van der Waals surface area contributed by atoms with Gasteiger partial charge < -0.3 is 15.4 Å². The van der Waals surface area contributed by atoms with E-state index in [9.17, 15) is 10.1 Å². The first-order valence-corrected chi connectivity index (χ1v) is 11.2. The molecule has 9 heteroatoms. The number of halogens is 2. The number of hydrogen-bond donors (Lipinski definition) is 2. The highest BCUT2D eigenvalue weighted by molar-refractivity contribution is 6.42. The number of anilines is 1. The fraction of sp³-hybridized carbons (Fsp3) is 0.208. The van der Waals surface area contributed by atoms with Crippen LogP contribution >= 0.6 is 23.2 Å². The average molecular weight is 480 g/mol. The number of nitrogens with one attached hydrogen (secondary N) is 1. The van der Waals surface area contributed by atoms with E-state index in [4.69, 9.17) is 33.7 Å². The summed E-state index contributed by atoms with van der Waals surface area (Å²) in [7, 11) is 0. The number of carbonyl (C=O) groups excluding carboxylic acids is 1. The van der Waals surface area contributed by atoms with Crippen LogP contribution in [0.15, 0.2) is 53.9 Å². The minimum absolute atomic E-state index is 0.0582. The summed E-state index contributed by atoms with van der Waals surface area (Å²) in [5.41, 5.74) is 8.22. The molecule has 0 aliphatic carbocycles. The Hall–Kier alpha value is -3.47. The molecule has 2 aromatic carbocycles. The summed E-state index contributed by atoms with van der Waals surface area (Å²) in [6.45, 7) is 2.27. The lowest BCUT2D eigenvalue weighted by molar-refractivity contribution is -0.121. The molecule has 1 aromatic heterocycles. The molecule has 7 nitrogen and oxygen atoms in total. The van der Waals surface area contributed by atoms with Crippen molar-refractivity contribution < 1.29 is 9.53 Å². The molecule has 0 fully saturated rings. The molecule has 0 unspecified atom stereocenters. The molecule has 33 heavy (non-hydrogen) atoms. The second-order valence-electron chi connectivity index (χ2n) is 7.99. The number of aryl methyl sites for hydroxylation is 1. The molecule has 2 aliphatic heterocycles. The Kier molecular flexibility index (Phi) is 5.08. The largest absolute Gasteiger partial charge is 0.420 e. The molecular weight excluding hydrogens is 461 g/mol. The van der Waals surface area contributed by atoms with Crippen LogP contribution in [-0.2, 0) is 23.2 Å². The molecule has 1 atom stereocenters. The van der Waals surface area contributed by atoms with Gasteiger partial charge >= 0.3 is 0 Å². The van der Waals surface area contributed by atoms with Crippen LogP contribution in [0.25, 0.3) is 0 Å². The molecule has 166 valence electrons. The predicted molar refractivity (Wildman–Crippen MR) is 125 cm³/mol. The lowest BCUT2D eigenvalue weighted by Crippen LogP contribution is -2.46. The standard InChI is InChI=1S/C24H19Cl2N5O2/c1-2-5-18-20-22(30-29-18)33-21(28)15(11-27)24(20)14-6-3-4-7-19(14)31(23(24)32)12-13-8-9-16(25)17(26)10-13/h3-4,6-10H,2,5,12,28H2,1H3,(H,29,30)/t24-/m0/s1. The number of fused-ring (bicyclic) bond motifs is 4. The van der Waals surface area contributed by atoms with Gasteiger partial charge in [0.1, 0.15) is 17.1 Å². The molecular formula is C24H19Cl2N5O2. The van der Waals surface area contributed by atoms with Crippen LogP contribution in [0.3, 0.4) is 0 Å². The monoisotopic (exact) mass is 479 g/mol. The third-order valence-electron chi connectivity index (χ3n) is 6.11. The number of para-hydroxylation sites is 1. The zero-order valence-corrected chi connectivity index (χ0v) is 19.2. The number of rotatable bonds is 4. The van der Waals surface area contributed by atoms with Crippen molar-refractivity contribution in [3.8, 4) is 11.9 Å². The van der Waals surface area contributed by atoms with E-state index >= 15 is 0 Å². The molecule has 3 N–H and O–H groups in total. The topological polar surface area (TPSA) is 108 Å². The third kappa shape index (κ3) is 2.95. The number of ether oxygens (including phenoxy) is 1. The minimum atomic E-state index is -1.45. The number of nitriles is 1. The first-order valence-electron chi connectivity index (χ1n) is 10.4. The van der Waals surface area contributed by atoms with Crippen LogP contribution in [-0.4, -0.2) is 16.1 Å². The first kappa shape index (κ1) is 21.4. The Bertz CT molecular complexity index is 1370. The van der Waals surface area contributed by atoms with Crippen molar-refractivity contribution >= 4 is 34.8 Å². The quantitative estimate of drug-likeness (QED) is 0.568. The summed E-state index contributed by atoms with van der Waals surface area (Å²) in [6.07, 6.45) is 1.45. The van der Waals surface area contributed by atoms with Crippen LogP contribution in [0.2, 0.25) is 10.0 Å². The van der Waals surface area contributed by atoms with Crippen molar-refractivity contribution in [2.24, 2.45) is 5.73 Å². The number of H-pyrrole nitrogens is 1. The Morgan fingerprint density at radius 2 is 2.03 bits per heavy atom. The van der Waals surface area contributed by atoms with Crippen molar-refractivity contribution in [3.05, 3.63) is 86.4 Å². The van der Waals surface area contributed by atoms with Gasteiger partial charge in [-0.1, -0.05) is 60.8 Å². The van der Waals surface area contributed by atoms with Gasteiger partial charge in [0.15, 0.2) is 0 Å². The Balaban J connectivity index is 1.76. The van der Waals surface area contributed by atoms with Crippen LogP contribution in [0, 0.1) is 11.3 Å². The van der Waals surface area contributed by atoms with E-state index in [0.717, 1.165) is 17.7 Å². The number of aromatic nitrogens is 2. The molecule has 0 radical (unpaired) electrons. The van der Waals surface area contributed by atoms with Gasteiger partial charge in [-0.05, 0) is 30.2 Å². The fourth-order valence-corrected chi connectivity index (χ4v) is 5.09. The van der Waals surface area contributed by atoms with Crippen LogP contribution in [0.1, 0.15) is 35.7 Å². The van der Waals surface area contributed by atoms with Gasteiger partial charge in [-0.25, -0.2) is 0 Å². The Morgan fingerprint density at radius 1 is 1.24 bits per heavy atom.